The first-order valence-corrected chi connectivity index (χ1v) is 5.74. The predicted molar refractivity (Wildman–Crippen MR) is 65.8 cm³/mol. The molecule has 0 atom stereocenters. The molecule has 0 bridgehead atoms. The molecule has 0 heterocycles. The maximum absolute atomic E-state index is 5.60. The molecule has 0 aliphatic carbocycles. The van der Waals surface area contributed by atoms with E-state index < -0.39 is 0 Å². The fourth-order valence-electron chi connectivity index (χ4n) is 1.84. The molecule has 0 unspecified atom stereocenters. The van der Waals surface area contributed by atoms with Crippen molar-refractivity contribution in [1.82, 2.24) is 4.90 Å². The molecule has 1 aromatic carbocycles. The van der Waals surface area contributed by atoms with Gasteiger partial charge in [0, 0.05) is 19.6 Å². The van der Waals surface area contributed by atoms with Crippen molar-refractivity contribution < 1.29 is 0 Å². The molecule has 2 heteroatoms. The highest BCUT2D eigenvalue weighted by molar-refractivity contribution is 5.22. The Hall–Kier alpha value is -0.860. The minimum Gasteiger partial charge on any atom is -0.329 e. The Labute approximate surface area is 93.1 Å². The lowest BCUT2D eigenvalue weighted by Gasteiger charge is -2.20. The molecule has 2 nitrogen and oxygen atoms in total. The minimum atomic E-state index is 0.742. The number of aryl methyl sites for hydroxylation is 1. The Morgan fingerprint density at radius 3 is 2.67 bits per heavy atom. The van der Waals surface area contributed by atoms with Crippen molar-refractivity contribution in [2.24, 2.45) is 5.73 Å². The highest BCUT2D eigenvalue weighted by atomic mass is 15.1. The normalized spacial score (nSPS) is 10.9. The monoisotopic (exact) mass is 206 g/mol. The van der Waals surface area contributed by atoms with Crippen LogP contribution in [0.3, 0.4) is 0 Å². The zero-order valence-electron chi connectivity index (χ0n) is 9.87. The first kappa shape index (κ1) is 12.2. The zero-order valence-corrected chi connectivity index (χ0v) is 9.87. The summed E-state index contributed by atoms with van der Waals surface area (Å²) in [5.74, 6) is 0. The van der Waals surface area contributed by atoms with Gasteiger partial charge in [0.25, 0.3) is 0 Å². The molecule has 0 saturated heterocycles. The number of benzene rings is 1. The van der Waals surface area contributed by atoms with Gasteiger partial charge in [-0.15, -0.1) is 0 Å². The molecule has 84 valence electrons. The van der Waals surface area contributed by atoms with Gasteiger partial charge in [-0.2, -0.15) is 0 Å². The Kier molecular flexibility index (Phi) is 5.37. The average Bonchev–Trinajstić information content (AvgIpc) is 2.18. The summed E-state index contributed by atoms with van der Waals surface area (Å²) in [6.07, 6.45) is 1.19. The quantitative estimate of drug-likeness (QED) is 0.773. The van der Waals surface area contributed by atoms with Crippen LogP contribution in [0.15, 0.2) is 24.3 Å². The Bertz CT molecular complexity index is 278. The zero-order chi connectivity index (χ0) is 11.1. The summed E-state index contributed by atoms with van der Waals surface area (Å²) in [7, 11) is 0. The van der Waals surface area contributed by atoms with E-state index in [1.54, 1.807) is 0 Å². The second kappa shape index (κ2) is 6.59. The smallest absolute Gasteiger partial charge is 0.0234 e. The number of nitrogens with two attached hydrogens (primary N) is 1. The number of nitrogens with zero attached hydrogens (tertiary/aromatic N) is 1. The second-order valence-corrected chi connectivity index (χ2v) is 4.05. The fraction of sp³-hybridized carbons (Fsp3) is 0.538. The van der Waals surface area contributed by atoms with Gasteiger partial charge >= 0.3 is 0 Å². The molecule has 2 N–H and O–H groups in total. The summed E-state index contributed by atoms with van der Waals surface area (Å²) in [6, 6.07) is 8.69. The number of hydrogen-bond acceptors (Lipinski definition) is 2. The molecule has 0 aliphatic rings. The SMILES string of the molecule is CCCN(CCN)Cc1cccc(C)c1. The van der Waals surface area contributed by atoms with Crippen molar-refractivity contribution in [1.29, 1.82) is 0 Å². The van der Waals surface area contributed by atoms with Crippen molar-refractivity contribution in [3.8, 4) is 0 Å². The van der Waals surface area contributed by atoms with Crippen LogP contribution in [0.2, 0.25) is 0 Å². The summed E-state index contributed by atoms with van der Waals surface area (Å²) in [5.41, 5.74) is 8.32. The Morgan fingerprint density at radius 1 is 1.27 bits per heavy atom. The van der Waals surface area contributed by atoms with Gasteiger partial charge in [0.2, 0.25) is 0 Å². The van der Waals surface area contributed by atoms with E-state index in [9.17, 15) is 0 Å². The van der Waals surface area contributed by atoms with Crippen LogP contribution >= 0.6 is 0 Å². The van der Waals surface area contributed by atoms with Crippen LogP contribution < -0.4 is 5.73 Å². The van der Waals surface area contributed by atoms with E-state index >= 15 is 0 Å². The van der Waals surface area contributed by atoms with Gasteiger partial charge in [-0.1, -0.05) is 36.8 Å². The summed E-state index contributed by atoms with van der Waals surface area (Å²) in [6.45, 7) is 8.22. The molecule has 0 saturated carbocycles. The van der Waals surface area contributed by atoms with E-state index in [2.05, 4.69) is 43.0 Å². The minimum absolute atomic E-state index is 0.742. The first-order chi connectivity index (χ1) is 7.26. The van der Waals surface area contributed by atoms with Crippen molar-refractivity contribution in [3.05, 3.63) is 35.4 Å². The number of rotatable bonds is 6. The average molecular weight is 206 g/mol. The van der Waals surface area contributed by atoms with Gasteiger partial charge in [0.15, 0.2) is 0 Å². The molecular weight excluding hydrogens is 184 g/mol. The third-order valence-electron chi connectivity index (χ3n) is 2.47. The van der Waals surface area contributed by atoms with Gasteiger partial charge in [-0.25, -0.2) is 0 Å². The molecule has 1 rings (SSSR count). The largest absolute Gasteiger partial charge is 0.329 e. The van der Waals surface area contributed by atoms with Gasteiger partial charge in [0.05, 0.1) is 0 Å². The van der Waals surface area contributed by atoms with Crippen LogP contribution in [0, 0.1) is 6.92 Å². The Balaban J connectivity index is 2.56. The third-order valence-corrected chi connectivity index (χ3v) is 2.47. The summed E-state index contributed by atoms with van der Waals surface area (Å²) < 4.78 is 0. The van der Waals surface area contributed by atoms with Gasteiger partial charge < -0.3 is 5.73 Å². The fourth-order valence-corrected chi connectivity index (χ4v) is 1.84. The standard InChI is InChI=1S/C13H22N2/c1-3-8-15(9-7-14)11-13-6-4-5-12(2)10-13/h4-6,10H,3,7-9,11,14H2,1-2H3. The van der Waals surface area contributed by atoms with Crippen LogP contribution in [-0.4, -0.2) is 24.5 Å². The molecule has 15 heavy (non-hydrogen) atoms. The van der Waals surface area contributed by atoms with Crippen LogP contribution in [0.5, 0.6) is 0 Å². The van der Waals surface area contributed by atoms with Crippen molar-refractivity contribution >= 4 is 0 Å². The maximum Gasteiger partial charge on any atom is 0.0234 e. The highest BCUT2D eigenvalue weighted by Crippen LogP contribution is 2.07. The molecule has 1 aromatic rings. The molecule has 0 radical (unpaired) electrons. The van der Waals surface area contributed by atoms with Crippen LogP contribution in [-0.2, 0) is 6.54 Å². The van der Waals surface area contributed by atoms with E-state index in [0.717, 1.165) is 26.2 Å². The van der Waals surface area contributed by atoms with E-state index in [-0.39, 0.29) is 0 Å². The van der Waals surface area contributed by atoms with Crippen LogP contribution in [0.1, 0.15) is 24.5 Å². The Morgan fingerprint density at radius 2 is 2.07 bits per heavy atom. The van der Waals surface area contributed by atoms with E-state index in [1.807, 2.05) is 0 Å². The highest BCUT2D eigenvalue weighted by Gasteiger charge is 2.03. The molecular formula is C13H22N2. The van der Waals surface area contributed by atoms with Crippen molar-refractivity contribution in [2.45, 2.75) is 26.8 Å². The third kappa shape index (κ3) is 4.45. The van der Waals surface area contributed by atoms with Gasteiger partial charge in [0.1, 0.15) is 0 Å². The summed E-state index contributed by atoms with van der Waals surface area (Å²) >= 11 is 0. The van der Waals surface area contributed by atoms with Crippen LogP contribution in [0.4, 0.5) is 0 Å². The molecule has 0 amide bonds. The lowest BCUT2D eigenvalue weighted by atomic mass is 10.1. The second-order valence-electron chi connectivity index (χ2n) is 4.05. The lowest BCUT2D eigenvalue weighted by molar-refractivity contribution is 0.273. The van der Waals surface area contributed by atoms with Crippen LogP contribution in [0.25, 0.3) is 0 Å². The summed E-state index contributed by atoms with van der Waals surface area (Å²) in [5, 5.41) is 0. The lowest BCUT2D eigenvalue weighted by Crippen LogP contribution is -2.29. The maximum atomic E-state index is 5.60. The molecule has 0 fully saturated rings. The van der Waals surface area contributed by atoms with E-state index in [1.165, 1.54) is 17.5 Å². The predicted octanol–water partition coefficient (Wildman–Crippen LogP) is 2.17. The van der Waals surface area contributed by atoms with Gasteiger partial charge in [-0.05, 0) is 25.5 Å². The first-order valence-electron chi connectivity index (χ1n) is 5.74. The number of hydrogen-bond donors (Lipinski definition) is 1. The van der Waals surface area contributed by atoms with E-state index in [0.29, 0.717) is 0 Å². The van der Waals surface area contributed by atoms with Gasteiger partial charge in [-0.3, -0.25) is 4.90 Å². The molecule has 0 aliphatic heterocycles. The van der Waals surface area contributed by atoms with Crippen molar-refractivity contribution in [2.75, 3.05) is 19.6 Å². The molecule has 0 aromatic heterocycles. The van der Waals surface area contributed by atoms with E-state index in [4.69, 9.17) is 5.73 Å². The summed E-state index contributed by atoms with van der Waals surface area (Å²) in [4.78, 5) is 2.41. The topological polar surface area (TPSA) is 29.3 Å². The van der Waals surface area contributed by atoms with Crippen molar-refractivity contribution in [3.63, 3.8) is 0 Å². The molecule has 0 spiro atoms.